The molecule has 1 fully saturated rings. The highest BCUT2D eigenvalue weighted by Crippen LogP contribution is 2.14. The summed E-state index contributed by atoms with van der Waals surface area (Å²) in [7, 11) is 0. The van der Waals surface area contributed by atoms with Crippen molar-refractivity contribution >= 4 is 23.9 Å². The first kappa shape index (κ1) is 33.0. The minimum absolute atomic E-state index is 0.0971. The molecule has 3 N–H and O–H groups in total. The van der Waals surface area contributed by atoms with E-state index < -0.39 is 35.8 Å². The molecule has 11 nitrogen and oxygen atoms in total. The van der Waals surface area contributed by atoms with Gasteiger partial charge in [-0.25, -0.2) is 9.59 Å². The van der Waals surface area contributed by atoms with Crippen LogP contribution < -0.4 is 16.0 Å². The number of Topliss-reactive ketones (excluding diaryl/α,β-unsaturated/α-hetero) is 1. The van der Waals surface area contributed by atoms with Gasteiger partial charge in [0.25, 0.3) is 0 Å². The number of hydrogen-bond acceptors (Lipinski definition) is 8. The number of amides is 3. The topological polar surface area (TPSA) is 135 Å². The lowest BCUT2D eigenvalue weighted by molar-refractivity contribution is -0.300. The minimum atomic E-state index is -0.896. The first-order chi connectivity index (χ1) is 18.7. The van der Waals surface area contributed by atoms with E-state index in [2.05, 4.69) is 29.8 Å². The zero-order valence-corrected chi connectivity index (χ0v) is 24.8. The number of nitrogens with zero attached hydrogens (tertiary/aromatic N) is 1. The van der Waals surface area contributed by atoms with Crippen LogP contribution in [-0.4, -0.2) is 72.1 Å². The fraction of sp³-hybridized carbons (Fsp3) is 0.655. The maximum Gasteiger partial charge on any atom is 0.439 e. The summed E-state index contributed by atoms with van der Waals surface area (Å²) in [6.07, 6.45) is -0.347. The van der Waals surface area contributed by atoms with E-state index in [0.717, 1.165) is 5.56 Å². The third-order valence-electron chi connectivity index (χ3n) is 5.98. The van der Waals surface area contributed by atoms with Crippen molar-refractivity contribution in [2.45, 2.75) is 91.6 Å². The van der Waals surface area contributed by atoms with Gasteiger partial charge >= 0.3 is 12.2 Å². The van der Waals surface area contributed by atoms with E-state index in [9.17, 15) is 19.2 Å². The second kappa shape index (κ2) is 15.6. The van der Waals surface area contributed by atoms with Gasteiger partial charge in [0, 0.05) is 19.1 Å². The van der Waals surface area contributed by atoms with Crippen LogP contribution in [0.3, 0.4) is 0 Å². The highest BCUT2D eigenvalue weighted by molar-refractivity contribution is 5.94. The summed E-state index contributed by atoms with van der Waals surface area (Å²) in [4.78, 5) is 62.2. The lowest BCUT2D eigenvalue weighted by atomic mass is 10.0. The normalized spacial score (nSPS) is 17.4. The molecule has 1 aliphatic rings. The Morgan fingerprint density at radius 3 is 2.23 bits per heavy atom. The van der Waals surface area contributed by atoms with Gasteiger partial charge in [-0.15, -0.1) is 0 Å². The number of nitrogens with one attached hydrogen (secondary N) is 3. The van der Waals surface area contributed by atoms with Crippen LogP contribution in [0.4, 0.5) is 9.59 Å². The predicted octanol–water partition coefficient (Wildman–Crippen LogP) is 3.57. The number of carbonyl (C=O) groups is 4. The third-order valence-corrected chi connectivity index (χ3v) is 5.98. The third kappa shape index (κ3) is 12.8. The first-order valence-electron chi connectivity index (χ1n) is 13.9. The van der Waals surface area contributed by atoms with Crippen LogP contribution in [0.1, 0.15) is 66.9 Å². The quantitative estimate of drug-likeness (QED) is 0.245. The van der Waals surface area contributed by atoms with Crippen molar-refractivity contribution in [3.63, 3.8) is 0 Å². The number of ketones is 1. The van der Waals surface area contributed by atoms with E-state index in [0.29, 0.717) is 31.8 Å². The lowest BCUT2D eigenvalue weighted by Crippen LogP contribution is -2.52. The molecular formula is C29H46N4O7. The van der Waals surface area contributed by atoms with Crippen LogP contribution >= 0.6 is 0 Å². The molecule has 2 rings (SSSR count). The van der Waals surface area contributed by atoms with Crippen molar-refractivity contribution in [3.8, 4) is 0 Å². The van der Waals surface area contributed by atoms with Gasteiger partial charge in [-0.1, -0.05) is 58.0 Å². The molecule has 11 heteroatoms. The van der Waals surface area contributed by atoms with Crippen molar-refractivity contribution in [2.24, 2.45) is 11.8 Å². The van der Waals surface area contributed by atoms with Gasteiger partial charge < -0.3 is 20.7 Å². The second-order valence-electron chi connectivity index (χ2n) is 12.1. The summed E-state index contributed by atoms with van der Waals surface area (Å²) in [6.45, 7) is 14.2. The van der Waals surface area contributed by atoms with Gasteiger partial charge in [-0.3, -0.25) is 19.4 Å². The molecule has 1 aliphatic heterocycles. The molecule has 1 unspecified atom stereocenters. The standard InChI is InChI=1S/C29H46N4O7/c1-19(2)13-22(30-27(36)38-18-21-11-9-8-10-12-21)15-33-16-24(25(34)17-33)31-26(35)23(14-20(3)4)32-28(37)39-40-29(5,6)7/h8-12,19-20,22-24H,13-18H2,1-7H3,(H,30,36)(H,31,35)(H,32,37)/t22-,23-,24?/m0/s1. The summed E-state index contributed by atoms with van der Waals surface area (Å²) >= 11 is 0. The summed E-state index contributed by atoms with van der Waals surface area (Å²) in [5.41, 5.74) is 0.190. The molecule has 0 spiro atoms. The SMILES string of the molecule is CC(C)C[C@@H](CN1CC(=O)C(NC(=O)[C@H](CC(C)C)NC(=O)OOC(C)(C)C)C1)NC(=O)OCc1ccccc1. The fourth-order valence-electron chi connectivity index (χ4n) is 4.32. The second-order valence-corrected chi connectivity index (χ2v) is 12.1. The van der Waals surface area contributed by atoms with Crippen LogP contribution in [0.25, 0.3) is 0 Å². The molecule has 1 aromatic rings. The number of likely N-dealkylation sites (tertiary alicyclic amines) is 1. The number of alkyl carbamates (subject to hydrolysis) is 1. The van der Waals surface area contributed by atoms with Gasteiger partial charge in [0.05, 0.1) is 6.54 Å². The smallest absolute Gasteiger partial charge is 0.439 e. The summed E-state index contributed by atoms with van der Waals surface area (Å²) in [6, 6.07) is 7.56. The number of ether oxygens (including phenoxy) is 1. The molecule has 0 radical (unpaired) electrons. The maximum atomic E-state index is 13.1. The average Bonchev–Trinajstić information content (AvgIpc) is 3.18. The minimum Gasteiger partial charge on any atom is -0.445 e. The molecule has 3 atom stereocenters. The molecule has 0 aromatic heterocycles. The molecule has 1 saturated heterocycles. The Labute approximate surface area is 237 Å². The molecule has 3 amide bonds. The largest absolute Gasteiger partial charge is 0.445 e. The number of rotatable bonds is 13. The van der Waals surface area contributed by atoms with Gasteiger partial charge in [0.15, 0.2) is 5.78 Å². The lowest BCUT2D eigenvalue weighted by Gasteiger charge is -2.26. The van der Waals surface area contributed by atoms with Crippen LogP contribution in [0, 0.1) is 11.8 Å². The van der Waals surface area contributed by atoms with Crippen LogP contribution in [-0.2, 0) is 30.7 Å². The molecule has 0 saturated carbocycles. The van der Waals surface area contributed by atoms with E-state index in [4.69, 9.17) is 14.5 Å². The van der Waals surface area contributed by atoms with Crippen molar-refractivity contribution in [1.82, 2.24) is 20.9 Å². The zero-order valence-electron chi connectivity index (χ0n) is 24.8. The van der Waals surface area contributed by atoms with E-state index in [1.807, 2.05) is 49.1 Å². The van der Waals surface area contributed by atoms with E-state index >= 15 is 0 Å². The fourth-order valence-corrected chi connectivity index (χ4v) is 4.32. The monoisotopic (exact) mass is 562 g/mol. The van der Waals surface area contributed by atoms with Crippen LogP contribution in [0.5, 0.6) is 0 Å². The Bertz CT molecular complexity index is 978. The van der Waals surface area contributed by atoms with E-state index in [1.54, 1.807) is 20.8 Å². The highest BCUT2D eigenvalue weighted by Gasteiger charge is 2.35. The Morgan fingerprint density at radius 1 is 0.975 bits per heavy atom. The van der Waals surface area contributed by atoms with E-state index in [-0.39, 0.29) is 30.9 Å². The van der Waals surface area contributed by atoms with Crippen molar-refractivity contribution in [3.05, 3.63) is 35.9 Å². The van der Waals surface area contributed by atoms with Crippen molar-refractivity contribution < 1.29 is 33.7 Å². The Kier molecular flexibility index (Phi) is 12.9. The maximum absolute atomic E-state index is 13.1. The Morgan fingerprint density at radius 2 is 1.62 bits per heavy atom. The molecule has 0 bridgehead atoms. The van der Waals surface area contributed by atoms with Crippen LogP contribution in [0.2, 0.25) is 0 Å². The Balaban J connectivity index is 1.93. The number of carbonyl (C=O) groups excluding carboxylic acids is 4. The summed E-state index contributed by atoms with van der Waals surface area (Å²) in [5.74, 6) is -0.203. The first-order valence-corrected chi connectivity index (χ1v) is 13.9. The summed E-state index contributed by atoms with van der Waals surface area (Å²) in [5, 5.41) is 8.24. The molecule has 1 aromatic carbocycles. The number of benzene rings is 1. The van der Waals surface area contributed by atoms with Gasteiger partial charge in [0.2, 0.25) is 5.91 Å². The van der Waals surface area contributed by atoms with Crippen molar-refractivity contribution in [1.29, 1.82) is 0 Å². The molecule has 40 heavy (non-hydrogen) atoms. The molecule has 1 heterocycles. The molecular weight excluding hydrogens is 516 g/mol. The van der Waals surface area contributed by atoms with Crippen molar-refractivity contribution in [2.75, 3.05) is 19.6 Å². The van der Waals surface area contributed by atoms with Gasteiger partial charge in [-0.2, -0.15) is 4.89 Å². The summed E-state index contributed by atoms with van der Waals surface area (Å²) < 4.78 is 5.38. The highest BCUT2D eigenvalue weighted by atomic mass is 17.2. The number of hydrogen-bond donors (Lipinski definition) is 3. The molecule has 0 aliphatic carbocycles. The van der Waals surface area contributed by atoms with Gasteiger partial charge in [0.1, 0.15) is 24.3 Å². The Hall–Kier alpha value is -3.18. The zero-order chi connectivity index (χ0) is 29.9. The van der Waals surface area contributed by atoms with Crippen LogP contribution in [0.15, 0.2) is 30.3 Å². The van der Waals surface area contributed by atoms with E-state index in [1.165, 1.54) is 0 Å². The molecule has 224 valence electrons. The van der Waals surface area contributed by atoms with Gasteiger partial charge in [-0.05, 0) is 51.0 Å². The predicted molar refractivity (Wildman–Crippen MR) is 150 cm³/mol. The average molecular weight is 563 g/mol.